The molecule has 0 aliphatic carbocycles. The molecular formula is C18H34O3Si. The SMILES string of the molecule is C=CC[C@H]1O[C@H]2CCCO[C@@H]2C[C@]1(C)O[Si](C)(C)C(C)(C)C. The quantitative estimate of drug-likeness (QED) is 0.554. The predicted octanol–water partition coefficient (Wildman–Crippen LogP) is 4.68. The van der Waals surface area contributed by atoms with Gasteiger partial charge in [-0.05, 0) is 44.3 Å². The summed E-state index contributed by atoms with van der Waals surface area (Å²) in [5, 5.41) is 0.193. The van der Waals surface area contributed by atoms with Crippen molar-refractivity contribution in [2.24, 2.45) is 0 Å². The molecule has 2 heterocycles. The van der Waals surface area contributed by atoms with Crippen LogP contribution in [0.1, 0.15) is 53.4 Å². The molecule has 0 aromatic rings. The first-order chi connectivity index (χ1) is 10.1. The molecule has 2 fully saturated rings. The van der Waals surface area contributed by atoms with Crippen molar-refractivity contribution >= 4 is 8.32 Å². The second-order valence-corrected chi connectivity index (χ2v) is 13.3. The van der Waals surface area contributed by atoms with E-state index < -0.39 is 8.32 Å². The molecule has 0 bridgehead atoms. The molecule has 22 heavy (non-hydrogen) atoms. The Morgan fingerprint density at radius 3 is 2.59 bits per heavy atom. The monoisotopic (exact) mass is 326 g/mol. The minimum absolute atomic E-state index is 0.0853. The summed E-state index contributed by atoms with van der Waals surface area (Å²) in [5.41, 5.74) is -0.282. The zero-order chi connectivity index (χ0) is 16.6. The van der Waals surface area contributed by atoms with Crippen LogP contribution in [-0.4, -0.2) is 38.8 Å². The standard InChI is InChI=1S/C18H34O3Si/c1-8-10-16-18(5,21-22(6,7)17(2,3)4)13-15-14(20-16)11-9-12-19-15/h8,14-16H,1,9-13H2,2-7H3/t14-,15+,16+,18-/m0/s1. The van der Waals surface area contributed by atoms with E-state index in [0.29, 0.717) is 0 Å². The van der Waals surface area contributed by atoms with Crippen LogP contribution in [0.4, 0.5) is 0 Å². The van der Waals surface area contributed by atoms with Crippen LogP contribution in [-0.2, 0) is 13.9 Å². The predicted molar refractivity (Wildman–Crippen MR) is 93.8 cm³/mol. The van der Waals surface area contributed by atoms with Gasteiger partial charge in [-0.3, -0.25) is 0 Å². The third-order valence-electron chi connectivity index (χ3n) is 5.68. The minimum Gasteiger partial charge on any atom is -0.409 e. The van der Waals surface area contributed by atoms with Crippen LogP contribution in [0.5, 0.6) is 0 Å². The summed E-state index contributed by atoms with van der Waals surface area (Å²) in [5.74, 6) is 0. The van der Waals surface area contributed by atoms with Gasteiger partial charge in [-0.15, -0.1) is 6.58 Å². The van der Waals surface area contributed by atoms with Crippen LogP contribution in [0.15, 0.2) is 12.7 Å². The molecule has 3 nitrogen and oxygen atoms in total. The zero-order valence-electron chi connectivity index (χ0n) is 15.3. The molecule has 0 aromatic heterocycles. The number of hydrogen-bond donors (Lipinski definition) is 0. The Labute approximate surface area is 137 Å². The summed E-state index contributed by atoms with van der Waals surface area (Å²) in [6, 6.07) is 0. The third kappa shape index (κ3) is 3.66. The van der Waals surface area contributed by atoms with Gasteiger partial charge in [0.05, 0.1) is 23.9 Å². The summed E-state index contributed by atoms with van der Waals surface area (Å²) in [4.78, 5) is 0. The average molecular weight is 327 g/mol. The fourth-order valence-corrected chi connectivity index (χ4v) is 5.03. The van der Waals surface area contributed by atoms with Crippen LogP contribution >= 0.6 is 0 Å². The molecule has 4 heteroatoms. The molecule has 0 amide bonds. The molecule has 2 aliphatic heterocycles. The highest BCUT2D eigenvalue weighted by Crippen LogP contribution is 2.45. The maximum absolute atomic E-state index is 6.83. The number of hydrogen-bond acceptors (Lipinski definition) is 3. The van der Waals surface area contributed by atoms with Gasteiger partial charge in [-0.2, -0.15) is 0 Å². The molecule has 0 spiro atoms. The number of rotatable bonds is 4. The summed E-state index contributed by atoms with van der Waals surface area (Å²) in [7, 11) is -1.86. The molecule has 0 N–H and O–H groups in total. The first-order valence-corrected chi connectivity index (χ1v) is 11.6. The van der Waals surface area contributed by atoms with Crippen LogP contribution in [0.3, 0.4) is 0 Å². The highest BCUT2D eigenvalue weighted by Gasteiger charge is 2.51. The van der Waals surface area contributed by atoms with Crippen molar-refractivity contribution in [1.82, 2.24) is 0 Å². The van der Waals surface area contributed by atoms with Crippen LogP contribution in [0.25, 0.3) is 0 Å². The fourth-order valence-electron chi connectivity index (χ4n) is 3.34. The van der Waals surface area contributed by atoms with Crippen molar-refractivity contribution in [1.29, 1.82) is 0 Å². The topological polar surface area (TPSA) is 27.7 Å². The van der Waals surface area contributed by atoms with Crippen LogP contribution < -0.4 is 0 Å². The van der Waals surface area contributed by atoms with Crippen molar-refractivity contribution in [2.75, 3.05) is 6.61 Å². The smallest absolute Gasteiger partial charge is 0.192 e. The summed E-state index contributed by atoms with van der Waals surface area (Å²) in [6.07, 6.45) is 6.44. The molecule has 2 aliphatic rings. The molecule has 2 saturated heterocycles. The largest absolute Gasteiger partial charge is 0.409 e. The van der Waals surface area contributed by atoms with Gasteiger partial charge in [0.25, 0.3) is 0 Å². The van der Waals surface area contributed by atoms with Gasteiger partial charge in [0.2, 0.25) is 0 Å². The second kappa shape index (κ2) is 6.38. The fraction of sp³-hybridized carbons (Fsp3) is 0.889. The Hall–Kier alpha value is -0.163. The van der Waals surface area contributed by atoms with E-state index in [1.54, 1.807) is 0 Å². The van der Waals surface area contributed by atoms with Crippen molar-refractivity contribution < 1.29 is 13.9 Å². The van der Waals surface area contributed by atoms with E-state index >= 15 is 0 Å². The number of fused-ring (bicyclic) bond motifs is 1. The van der Waals surface area contributed by atoms with E-state index in [9.17, 15) is 0 Å². The Bertz CT molecular complexity index is 402. The van der Waals surface area contributed by atoms with Crippen LogP contribution in [0.2, 0.25) is 18.1 Å². The molecule has 0 aromatic carbocycles. The highest BCUT2D eigenvalue weighted by atomic mass is 28.4. The Balaban J connectivity index is 2.21. The second-order valence-electron chi connectivity index (χ2n) is 8.62. The summed E-state index contributed by atoms with van der Waals surface area (Å²) in [6.45, 7) is 18.5. The molecular weight excluding hydrogens is 292 g/mol. The van der Waals surface area contributed by atoms with E-state index in [1.165, 1.54) is 0 Å². The average Bonchev–Trinajstić information content (AvgIpc) is 2.37. The molecule has 4 atom stereocenters. The van der Waals surface area contributed by atoms with Gasteiger partial charge in [-0.1, -0.05) is 26.8 Å². The third-order valence-corrected chi connectivity index (χ3v) is 10.3. The first kappa shape index (κ1) is 18.2. The summed E-state index contributed by atoms with van der Waals surface area (Å²) >= 11 is 0. The Morgan fingerprint density at radius 2 is 2.00 bits per heavy atom. The van der Waals surface area contributed by atoms with E-state index in [0.717, 1.165) is 32.3 Å². The molecule has 2 rings (SSSR count). The van der Waals surface area contributed by atoms with Crippen molar-refractivity contribution in [3.63, 3.8) is 0 Å². The van der Waals surface area contributed by atoms with Crippen LogP contribution in [0, 0.1) is 0 Å². The molecule has 128 valence electrons. The van der Waals surface area contributed by atoms with Gasteiger partial charge in [0.1, 0.15) is 0 Å². The molecule has 0 unspecified atom stereocenters. The van der Waals surface area contributed by atoms with Gasteiger partial charge in [-0.25, -0.2) is 0 Å². The van der Waals surface area contributed by atoms with Crippen molar-refractivity contribution in [2.45, 2.75) is 95.4 Å². The van der Waals surface area contributed by atoms with E-state index in [4.69, 9.17) is 13.9 Å². The maximum atomic E-state index is 6.83. The maximum Gasteiger partial charge on any atom is 0.192 e. The van der Waals surface area contributed by atoms with E-state index in [1.807, 2.05) is 6.08 Å². The van der Waals surface area contributed by atoms with Gasteiger partial charge < -0.3 is 13.9 Å². The highest BCUT2D eigenvalue weighted by molar-refractivity contribution is 6.74. The Kier molecular flexibility index (Phi) is 5.28. The lowest BCUT2D eigenvalue weighted by atomic mass is 9.83. The lowest BCUT2D eigenvalue weighted by Gasteiger charge is -2.53. The molecule has 0 saturated carbocycles. The van der Waals surface area contributed by atoms with E-state index in [-0.39, 0.29) is 29.0 Å². The lowest BCUT2D eigenvalue weighted by Crippen LogP contribution is -2.61. The minimum atomic E-state index is -1.86. The van der Waals surface area contributed by atoms with Gasteiger partial charge in [0.15, 0.2) is 8.32 Å². The Morgan fingerprint density at radius 1 is 1.32 bits per heavy atom. The first-order valence-electron chi connectivity index (χ1n) is 8.67. The molecule has 0 radical (unpaired) electrons. The zero-order valence-corrected chi connectivity index (χ0v) is 16.3. The van der Waals surface area contributed by atoms with Crippen molar-refractivity contribution in [3.05, 3.63) is 12.7 Å². The normalized spacial score (nSPS) is 36.7. The lowest BCUT2D eigenvalue weighted by molar-refractivity contribution is -0.228. The van der Waals surface area contributed by atoms with Crippen molar-refractivity contribution in [3.8, 4) is 0 Å². The summed E-state index contributed by atoms with van der Waals surface area (Å²) < 4.78 is 19.2. The van der Waals surface area contributed by atoms with Gasteiger partial charge in [0, 0.05) is 13.0 Å². The number of ether oxygens (including phenoxy) is 2. The van der Waals surface area contributed by atoms with E-state index in [2.05, 4.69) is 47.4 Å². The van der Waals surface area contributed by atoms with Gasteiger partial charge >= 0.3 is 0 Å².